The highest BCUT2D eigenvalue weighted by atomic mass is 16.7. The third-order valence-corrected chi connectivity index (χ3v) is 4.99. The van der Waals surface area contributed by atoms with Crippen LogP contribution in [0.4, 0.5) is 11.4 Å². The molecule has 0 saturated carbocycles. The molecule has 1 fully saturated rings. The second-order valence-corrected chi connectivity index (χ2v) is 7.42. The molecule has 0 unspecified atom stereocenters. The van der Waals surface area contributed by atoms with Crippen molar-refractivity contribution >= 4 is 29.9 Å². The number of methoxy groups -OCH3 is 1. The molecule has 0 atom stereocenters. The lowest BCUT2D eigenvalue weighted by Gasteiger charge is -2.32. The lowest BCUT2D eigenvalue weighted by atomic mass is 9.79. The van der Waals surface area contributed by atoms with Crippen LogP contribution in [0.3, 0.4) is 0 Å². The summed E-state index contributed by atoms with van der Waals surface area (Å²) in [4.78, 5) is 11.4. The Bertz CT molecular complexity index is 829. The van der Waals surface area contributed by atoms with Crippen molar-refractivity contribution in [3.8, 4) is 0 Å². The first-order valence-electron chi connectivity index (χ1n) is 8.77. The van der Waals surface area contributed by atoms with Crippen molar-refractivity contribution in [2.24, 2.45) is 10.2 Å². The van der Waals surface area contributed by atoms with Crippen LogP contribution in [-0.4, -0.2) is 31.4 Å². The maximum Gasteiger partial charge on any atom is 0.494 e. The van der Waals surface area contributed by atoms with Crippen molar-refractivity contribution < 1.29 is 18.8 Å². The number of benzene rings is 2. The molecule has 0 radical (unpaired) electrons. The molecule has 140 valence electrons. The van der Waals surface area contributed by atoms with Gasteiger partial charge >= 0.3 is 13.1 Å². The fourth-order valence-corrected chi connectivity index (χ4v) is 2.57. The SMILES string of the molecule is COC(=O)c1ccc(/N=N/c2ccc(B3OC(C)(C)C(C)(C)O3)cc2)cc1. The van der Waals surface area contributed by atoms with E-state index in [1.165, 1.54) is 7.11 Å². The van der Waals surface area contributed by atoms with Gasteiger partial charge in [0.15, 0.2) is 0 Å². The zero-order valence-electron chi connectivity index (χ0n) is 16.2. The number of carbonyl (C=O) groups excluding carboxylic acids is 1. The Morgan fingerprint density at radius 2 is 1.30 bits per heavy atom. The minimum Gasteiger partial charge on any atom is -0.465 e. The van der Waals surface area contributed by atoms with Gasteiger partial charge in [0.2, 0.25) is 0 Å². The Hall–Kier alpha value is -2.51. The predicted octanol–water partition coefficient (Wildman–Crippen LogP) is 4.19. The summed E-state index contributed by atoms with van der Waals surface area (Å²) < 4.78 is 16.8. The maximum atomic E-state index is 11.4. The molecule has 7 heteroatoms. The molecule has 2 aromatic carbocycles. The van der Waals surface area contributed by atoms with Crippen LogP contribution in [-0.2, 0) is 14.0 Å². The van der Waals surface area contributed by atoms with Gasteiger partial charge in [0, 0.05) is 0 Å². The monoisotopic (exact) mass is 366 g/mol. The van der Waals surface area contributed by atoms with E-state index in [2.05, 4.69) is 15.0 Å². The van der Waals surface area contributed by atoms with Gasteiger partial charge in [-0.2, -0.15) is 10.2 Å². The summed E-state index contributed by atoms with van der Waals surface area (Å²) in [6.45, 7) is 8.12. The van der Waals surface area contributed by atoms with Crippen molar-refractivity contribution in [1.82, 2.24) is 0 Å². The van der Waals surface area contributed by atoms with Gasteiger partial charge in [0.05, 0.1) is 35.3 Å². The Morgan fingerprint density at radius 1 is 0.852 bits per heavy atom. The Labute approximate surface area is 159 Å². The smallest absolute Gasteiger partial charge is 0.465 e. The molecule has 1 saturated heterocycles. The molecule has 6 nitrogen and oxygen atoms in total. The number of carbonyl (C=O) groups is 1. The molecular weight excluding hydrogens is 343 g/mol. The van der Waals surface area contributed by atoms with Gasteiger partial charge in [-0.3, -0.25) is 0 Å². The molecule has 3 rings (SSSR count). The molecule has 0 bridgehead atoms. The van der Waals surface area contributed by atoms with Crippen molar-refractivity contribution in [3.05, 3.63) is 54.1 Å². The summed E-state index contributed by atoms with van der Waals surface area (Å²) in [6.07, 6.45) is 0. The van der Waals surface area contributed by atoms with E-state index in [0.717, 1.165) is 5.46 Å². The first-order chi connectivity index (χ1) is 12.7. The van der Waals surface area contributed by atoms with E-state index in [4.69, 9.17) is 9.31 Å². The van der Waals surface area contributed by atoms with Crippen molar-refractivity contribution in [2.45, 2.75) is 38.9 Å². The first-order valence-corrected chi connectivity index (χ1v) is 8.77. The number of hydrogen-bond donors (Lipinski definition) is 0. The molecule has 1 aliphatic heterocycles. The van der Waals surface area contributed by atoms with E-state index in [1.54, 1.807) is 24.3 Å². The largest absolute Gasteiger partial charge is 0.494 e. The van der Waals surface area contributed by atoms with Crippen molar-refractivity contribution in [2.75, 3.05) is 7.11 Å². The van der Waals surface area contributed by atoms with Gasteiger partial charge in [-0.15, -0.1) is 0 Å². The molecule has 27 heavy (non-hydrogen) atoms. The van der Waals surface area contributed by atoms with Crippen LogP contribution in [0.25, 0.3) is 0 Å². The minimum absolute atomic E-state index is 0.369. The lowest BCUT2D eigenvalue weighted by molar-refractivity contribution is 0.00578. The topological polar surface area (TPSA) is 69.5 Å². The number of esters is 1. The van der Waals surface area contributed by atoms with Gasteiger partial charge in [-0.25, -0.2) is 4.79 Å². The number of rotatable bonds is 4. The van der Waals surface area contributed by atoms with Crippen LogP contribution in [0.15, 0.2) is 58.8 Å². The van der Waals surface area contributed by atoms with E-state index >= 15 is 0 Å². The van der Waals surface area contributed by atoms with E-state index in [0.29, 0.717) is 16.9 Å². The van der Waals surface area contributed by atoms with Crippen LogP contribution in [0, 0.1) is 0 Å². The zero-order chi connectivity index (χ0) is 19.7. The van der Waals surface area contributed by atoms with Gasteiger partial charge in [0.1, 0.15) is 0 Å². The Morgan fingerprint density at radius 3 is 1.74 bits per heavy atom. The average molecular weight is 366 g/mol. The normalized spacial score (nSPS) is 18.0. The molecule has 0 aliphatic carbocycles. The van der Waals surface area contributed by atoms with E-state index < -0.39 is 7.12 Å². The maximum absolute atomic E-state index is 11.4. The van der Waals surface area contributed by atoms with Crippen LogP contribution in [0.1, 0.15) is 38.1 Å². The number of azo groups is 1. The van der Waals surface area contributed by atoms with Crippen LogP contribution in [0.2, 0.25) is 0 Å². The molecule has 0 spiro atoms. The van der Waals surface area contributed by atoms with Gasteiger partial charge < -0.3 is 14.0 Å². The van der Waals surface area contributed by atoms with Crippen LogP contribution in [0.5, 0.6) is 0 Å². The fraction of sp³-hybridized carbons (Fsp3) is 0.350. The van der Waals surface area contributed by atoms with E-state index in [1.807, 2.05) is 52.0 Å². The quantitative estimate of drug-likeness (QED) is 0.462. The summed E-state index contributed by atoms with van der Waals surface area (Å²) in [6, 6.07) is 14.3. The van der Waals surface area contributed by atoms with Gasteiger partial charge in [-0.05, 0) is 69.6 Å². The average Bonchev–Trinajstić information content (AvgIpc) is 2.87. The minimum atomic E-state index is -0.396. The van der Waals surface area contributed by atoms with Gasteiger partial charge in [-0.1, -0.05) is 12.1 Å². The second kappa shape index (κ2) is 7.25. The standard InChI is InChI=1S/C20H23BN2O4/c1-19(2)20(3,4)27-21(26-19)15-8-12-17(13-9-15)23-22-16-10-6-14(7-11-16)18(24)25-5/h6-13H,1-5H3/b23-22+. The molecule has 1 heterocycles. The van der Waals surface area contributed by atoms with E-state index in [9.17, 15) is 4.79 Å². The summed E-state index contributed by atoms with van der Waals surface area (Å²) in [5.41, 5.74) is 2.04. The number of nitrogens with zero attached hydrogens (tertiary/aromatic N) is 2. The molecule has 1 aliphatic rings. The van der Waals surface area contributed by atoms with Crippen molar-refractivity contribution in [1.29, 1.82) is 0 Å². The lowest BCUT2D eigenvalue weighted by Crippen LogP contribution is -2.41. The van der Waals surface area contributed by atoms with E-state index in [-0.39, 0.29) is 17.2 Å². The predicted molar refractivity (Wildman–Crippen MR) is 104 cm³/mol. The second-order valence-electron chi connectivity index (χ2n) is 7.42. The zero-order valence-corrected chi connectivity index (χ0v) is 16.2. The Balaban J connectivity index is 1.68. The van der Waals surface area contributed by atoms with Crippen LogP contribution >= 0.6 is 0 Å². The molecule has 0 N–H and O–H groups in total. The third-order valence-electron chi connectivity index (χ3n) is 4.99. The number of hydrogen-bond acceptors (Lipinski definition) is 6. The van der Waals surface area contributed by atoms with Crippen molar-refractivity contribution in [3.63, 3.8) is 0 Å². The molecular formula is C20H23BN2O4. The third kappa shape index (κ3) is 4.09. The molecule has 0 amide bonds. The highest BCUT2D eigenvalue weighted by Crippen LogP contribution is 2.36. The first kappa shape index (κ1) is 19.3. The number of ether oxygens (including phenoxy) is 1. The Kier molecular flexibility index (Phi) is 5.17. The summed E-state index contributed by atoms with van der Waals surface area (Å²) in [7, 11) is 0.954. The fourth-order valence-electron chi connectivity index (χ4n) is 2.57. The highest BCUT2D eigenvalue weighted by Gasteiger charge is 2.51. The highest BCUT2D eigenvalue weighted by molar-refractivity contribution is 6.62. The summed E-state index contributed by atoms with van der Waals surface area (Å²) in [5, 5.41) is 8.41. The summed E-state index contributed by atoms with van der Waals surface area (Å²) in [5.74, 6) is -0.378. The van der Waals surface area contributed by atoms with Gasteiger partial charge in [0.25, 0.3) is 0 Å². The molecule has 2 aromatic rings. The van der Waals surface area contributed by atoms with Crippen LogP contribution < -0.4 is 5.46 Å². The molecule has 0 aromatic heterocycles. The summed E-state index contributed by atoms with van der Waals surface area (Å²) >= 11 is 0.